The summed E-state index contributed by atoms with van der Waals surface area (Å²) in [7, 11) is -2.86. The minimum Gasteiger partial charge on any atom is -0.316 e. The number of benzene rings is 1. The Balaban J connectivity index is 2.52. The van der Waals surface area contributed by atoms with E-state index in [2.05, 4.69) is 12.2 Å². The topological polar surface area (TPSA) is 46.2 Å². The average Bonchev–Trinajstić information content (AvgIpc) is 2.40. The Morgan fingerprint density at radius 3 is 2.48 bits per heavy atom. The summed E-state index contributed by atoms with van der Waals surface area (Å²) in [5.74, 6) is 0.734. The molecule has 0 spiro atoms. The lowest BCUT2D eigenvalue weighted by molar-refractivity contribution is 0.438. The van der Waals surface area contributed by atoms with Gasteiger partial charge in [-0.15, -0.1) is 0 Å². The smallest absolute Gasteiger partial charge is 0.147 e. The van der Waals surface area contributed by atoms with Crippen LogP contribution in [-0.2, 0) is 16.3 Å². The Morgan fingerprint density at radius 1 is 1.24 bits per heavy atom. The van der Waals surface area contributed by atoms with Gasteiger partial charge >= 0.3 is 0 Å². The van der Waals surface area contributed by atoms with Gasteiger partial charge in [-0.3, -0.25) is 0 Å². The maximum atomic E-state index is 11.2. The fraction of sp³-hybridized carbons (Fsp3) is 0.625. The molecular formula is C16H26ClNO2S. The highest BCUT2D eigenvalue weighted by atomic mass is 35.5. The van der Waals surface area contributed by atoms with Crippen molar-refractivity contribution in [3.8, 4) is 0 Å². The summed E-state index contributed by atoms with van der Waals surface area (Å²) in [4.78, 5) is 0. The molecule has 21 heavy (non-hydrogen) atoms. The summed E-state index contributed by atoms with van der Waals surface area (Å²) < 4.78 is 22.5. The van der Waals surface area contributed by atoms with E-state index in [1.807, 2.05) is 24.3 Å². The first-order valence-corrected chi connectivity index (χ1v) is 9.97. The fourth-order valence-corrected chi connectivity index (χ4v) is 3.16. The largest absolute Gasteiger partial charge is 0.316 e. The molecule has 0 radical (unpaired) electrons. The summed E-state index contributed by atoms with van der Waals surface area (Å²) >= 11 is 5.91. The summed E-state index contributed by atoms with van der Waals surface area (Å²) in [6.45, 7) is 4.08. The molecule has 0 heterocycles. The fourth-order valence-electron chi connectivity index (χ4n) is 2.35. The zero-order valence-corrected chi connectivity index (χ0v) is 14.5. The van der Waals surface area contributed by atoms with E-state index in [9.17, 15) is 8.42 Å². The Kier molecular flexibility index (Phi) is 8.30. The van der Waals surface area contributed by atoms with Crippen LogP contribution in [0.15, 0.2) is 24.3 Å². The van der Waals surface area contributed by atoms with Crippen molar-refractivity contribution < 1.29 is 8.42 Å². The highest BCUT2D eigenvalue weighted by Crippen LogP contribution is 2.17. The minimum atomic E-state index is -2.86. The second-order valence-electron chi connectivity index (χ2n) is 5.67. The molecule has 0 aromatic heterocycles. The predicted octanol–water partition coefficient (Wildman–Crippen LogP) is 3.32. The van der Waals surface area contributed by atoms with Crippen LogP contribution in [0.25, 0.3) is 0 Å². The van der Waals surface area contributed by atoms with Crippen LogP contribution < -0.4 is 5.32 Å². The van der Waals surface area contributed by atoms with Gasteiger partial charge in [-0.25, -0.2) is 8.42 Å². The van der Waals surface area contributed by atoms with Crippen molar-refractivity contribution in [1.82, 2.24) is 5.32 Å². The van der Waals surface area contributed by atoms with Crippen LogP contribution >= 0.6 is 11.6 Å². The number of hydrogen-bond donors (Lipinski definition) is 1. The molecule has 5 heteroatoms. The van der Waals surface area contributed by atoms with Gasteiger partial charge in [-0.05, 0) is 62.4 Å². The number of halogens is 1. The maximum Gasteiger partial charge on any atom is 0.147 e. The molecule has 120 valence electrons. The van der Waals surface area contributed by atoms with E-state index in [0.29, 0.717) is 5.92 Å². The lowest BCUT2D eigenvalue weighted by atomic mass is 9.95. The molecule has 1 unspecified atom stereocenters. The van der Waals surface area contributed by atoms with Crippen molar-refractivity contribution >= 4 is 21.4 Å². The van der Waals surface area contributed by atoms with Gasteiger partial charge in [0.05, 0.1) is 0 Å². The first-order valence-electron chi connectivity index (χ1n) is 7.53. The third-order valence-corrected chi connectivity index (χ3v) is 4.71. The maximum absolute atomic E-state index is 11.2. The number of hydrogen-bond acceptors (Lipinski definition) is 3. The Labute approximate surface area is 134 Å². The molecule has 1 atom stereocenters. The molecule has 0 aliphatic carbocycles. The molecule has 0 saturated heterocycles. The molecule has 1 aromatic carbocycles. The monoisotopic (exact) mass is 331 g/mol. The molecule has 3 nitrogen and oxygen atoms in total. The third kappa shape index (κ3) is 9.12. The predicted molar refractivity (Wildman–Crippen MR) is 90.8 cm³/mol. The van der Waals surface area contributed by atoms with E-state index in [-0.39, 0.29) is 5.75 Å². The van der Waals surface area contributed by atoms with Crippen molar-refractivity contribution in [3.63, 3.8) is 0 Å². The van der Waals surface area contributed by atoms with Gasteiger partial charge in [0.2, 0.25) is 0 Å². The van der Waals surface area contributed by atoms with E-state index in [0.717, 1.165) is 43.8 Å². The third-order valence-electron chi connectivity index (χ3n) is 3.42. The van der Waals surface area contributed by atoms with Gasteiger partial charge in [-0.1, -0.05) is 30.7 Å². The number of sulfone groups is 1. The molecule has 1 aromatic rings. The van der Waals surface area contributed by atoms with E-state index >= 15 is 0 Å². The van der Waals surface area contributed by atoms with Crippen LogP contribution in [-0.4, -0.2) is 33.5 Å². The number of rotatable bonds is 10. The molecule has 0 aliphatic rings. The minimum absolute atomic E-state index is 0.276. The lowest BCUT2D eigenvalue weighted by Gasteiger charge is -2.17. The second-order valence-corrected chi connectivity index (χ2v) is 8.37. The van der Waals surface area contributed by atoms with Crippen molar-refractivity contribution in [2.45, 2.75) is 32.6 Å². The standard InChI is InChI=1S/C16H26ClNO2S/c1-3-10-18-13-15(5-4-11-21(2,19)20)12-14-6-8-16(17)9-7-14/h6-9,15,18H,3-5,10-13H2,1-2H3. The van der Waals surface area contributed by atoms with Crippen LogP contribution in [0, 0.1) is 5.92 Å². The molecule has 0 saturated carbocycles. The molecule has 0 bridgehead atoms. The molecule has 1 rings (SSSR count). The summed E-state index contributed by atoms with van der Waals surface area (Å²) in [6.07, 6.45) is 5.02. The molecular weight excluding hydrogens is 306 g/mol. The zero-order valence-electron chi connectivity index (χ0n) is 12.9. The van der Waals surface area contributed by atoms with Crippen molar-refractivity contribution in [3.05, 3.63) is 34.9 Å². The first kappa shape index (κ1) is 18.5. The van der Waals surface area contributed by atoms with Crippen molar-refractivity contribution in [1.29, 1.82) is 0 Å². The first-order chi connectivity index (χ1) is 9.90. The highest BCUT2D eigenvalue weighted by molar-refractivity contribution is 7.90. The van der Waals surface area contributed by atoms with Crippen LogP contribution in [0.2, 0.25) is 5.02 Å². The van der Waals surface area contributed by atoms with E-state index < -0.39 is 9.84 Å². The van der Waals surface area contributed by atoms with Crippen molar-refractivity contribution in [2.24, 2.45) is 5.92 Å². The van der Waals surface area contributed by atoms with Gasteiger partial charge in [0.15, 0.2) is 0 Å². The lowest BCUT2D eigenvalue weighted by Crippen LogP contribution is -2.25. The van der Waals surface area contributed by atoms with Crippen LogP contribution in [0.5, 0.6) is 0 Å². The van der Waals surface area contributed by atoms with Gasteiger partial charge in [0, 0.05) is 17.0 Å². The average molecular weight is 332 g/mol. The Bertz CT molecular complexity index is 500. The normalized spacial score (nSPS) is 13.3. The molecule has 1 N–H and O–H groups in total. The van der Waals surface area contributed by atoms with Crippen LogP contribution in [0.4, 0.5) is 0 Å². The van der Waals surface area contributed by atoms with Gasteiger partial charge in [-0.2, -0.15) is 0 Å². The molecule has 0 amide bonds. The SMILES string of the molecule is CCCNCC(CCCS(C)(=O)=O)Cc1ccc(Cl)cc1. The summed E-state index contributed by atoms with van der Waals surface area (Å²) in [5.41, 5.74) is 1.25. The van der Waals surface area contributed by atoms with E-state index in [1.165, 1.54) is 11.8 Å². The van der Waals surface area contributed by atoms with Crippen molar-refractivity contribution in [2.75, 3.05) is 25.1 Å². The van der Waals surface area contributed by atoms with E-state index in [4.69, 9.17) is 11.6 Å². The van der Waals surface area contributed by atoms with Gasteiger partial charge in [0.25, 0.3) is 0 Å². The van der Waals surface area contributed by atoms with Crippen LogP contribution in [0.1, 0.15) is 31.7 Å². The van der Waals surface area contributed by atoms with E-state index in [1.54, 1.807) is 0 Å². The summed E-state index contributed by atoms with van der Waals surface area (Å²) in [5, 5.41) is 4.19. The number of nitrogens with one attached hydrogen (secondary N) is 1. The Hall–Kier alpha value is -0.580. The summed E-state index contributed by atoms with van der Waals surface area (Å²) in [6, 6.07) is 7.91. The molecule has 0 fully saturated rings. The second kappa shape index (κ2) is 9.44. The quantitative estimate of drug-likeness (QED) is 0.669. The molecule has 0 aliphatic heterocycles. The van der Waals surface area contributed by atoms with Gasteiger partial charge in [0.1, 0.15) is 9.84 Å². The highest BCUT2D eigenvalue weighted by Gasteiger charge is 2.11. The zero-order chi connectivity index (χ0) is 15.7. The van der Waals surface area contributed by atoms with Gasteiger partial charge < -0.3 is 5.32 Å². The Morgan fingerprint density at radius 2 is 1.90 bits per heavy atom. The van der Waals surface area contributed by atoms with Crippen LogP contribution in [0.3, 0.4) is 0 Å².